The van der Waals surface area contributed by atoms with Crippen LogP contribution in [0.15, 0.2) is 35.6 Å². The third-order valence-electron chi connectivity index (χ3n) is 2.37. The minimum absolute atomic E-state index is 0.0471. The first-order chi connectivity index (χ1) is 9.08. The number of benzene rings is 1. The Morgan fingerprint density at radius 2 is 2.26 bits per heavy atom. The van der Waals surface area contributed by atoms with Gasteiger partial charge in [0.05, 0.1) is 11.4 Å². The van der Waals surface area contributed by atoms with Crippen LogP contribution in [0.2, 0.25) is 0 Å². The van der Waals surface area contributed by atoms with Gasteiger partial charge in [0.15, 0.2) is 0 Å². The molecule has 0 fully saturated rings. The van der Waals surface area contributed by atoms with Crippen LogP contribution in [0.25, 0.3) is 0 Å². The van der Waals surface area contributed by atoms with E-state index in [-0.39, 0.29) is 11.3 Å². The summed E-state index contributed by atoms with van der Waals surface area (Å²) in [6.45, 7) is 0. The summed E-state index contributed by atoms with van der Waals surface area (Å²) in [5, 5.41) is 8.98. The van der Waals surface area contributed by atoms with Gasteiger partial charge >= 0.3 is 5.97 Å². The zero-order chi connectivity index (χ0) is 13.8. The monoisotopic (exact) mass is 279 g/mol. The molecule has 1 aromatic heterocycles. The number of anilines is 1. The van der Waals surface area contributed by atoms with E-state index in [4.69, 9.17) is 10.8 Å². The molecule has 1 aromatic carbocycles. The van der Waals surface area contributed by atoms with Gasteiger partial charge in [-0.3, -0.25) is 0 Å². The average Bonchev–Trinajstić information content (AvgIpc) is 2.40. The molecule has 5 nitrogen and oxygen atoms in total. The summed E-state index contributed by atoms with van der Waals surface area (Å²) in [5.41, 5.74) is 5.90. The summed E-state index contributed by atoms with van der Waals surface area (Å²) in [5.74, 6) is -1.26. The van der Waals surface area contributed by atoms with Crippen LogP contribution in [0.5, 0.6) is 0 Å². The number of halogens is 1. The Morgan fingerprint density at radius 1 is 1.47 bits per heavy atom. The Labute approximate surface area is 112 Å². The molecular weight excluding hydrogens is 269 g/mol. The summed E-state index contributed by atoms with van der Waals surface area (Å²) < 4.78 is 13.3. The van der Waals surface area contributed by atoms with Crippen LogP contribution in [0.1, 0.15) is 16.1 Å². The highest BCUT2D eigenvalue weighted by atomic mass is 32.2. The van der Waals surface area contributed by atoms with Crippen molar-refractivity contribution in [2.45, 2.75) is 10.6 Å². The van der Waals surface area contributed by atoms with Crippen LogP contribution in [-0.4, -0.2) is 21.0 Å². The largest absolute Gasteiger partial charge is 0.478 e. The van der Waals surface area contributed by atoms with Crippen LogP contribution < -0.4 is 5.73 Å². The number of hydrogen-bond acceptors (Lipinski definition) is 5. The average molecular weight is 279 g/mol. The van der Waals surface area contributed by atoms with Crippen molar-refractivity contribution < 1.29 is 14.3 Å². The van der Waals surface area contributed by atoms with E-state index < -0.39 is 11.8 Å². The van der Waals surface area contributed by atoms with E-state index in [0.29, 0.717) is 16.3 Å². The number of nitrogens with two attached hydrogens (primary N) is 1. The molecule has 2 aromatic rings. The van der Waals surface area contributed by atoms with Gasteiger partial charge < -0.3 is 10.8 Å². The Morgan fingerprint density at radius 3 is 2.95 bits per heavy atom. The van der Waals surface area contributed by atoms with Gasteiger partial charge in [0.1, 0.15) is 17.7 Å². The van der Waals surface area contributed by atoms with Gasteiger partial charge in [-0.1, -0.05) is 0 Å². The fourth-order valence-corrected chi connectivity index (χ4v) is 2.28. The highest BCUT2D eigenvalue weighted by Crippen LogP contribution is 2.25. The molecule has 0 aliphatic rings. The Bertz CT molecular complexity index is 622. The Balaban J connectivity index is 2.14. The van der Waals surface area contributed by atoms with Crippen molar-refractivity contribution in [3.63, 3.8) is 0 Å². The number of thioether (sulfide) groups is 1. The molecule has 0 bridgehead atoms. The Kier molecular flexibility index (Phi) is 3.96. The molecule has 0 atom stereocenters. The smallest absolute Gasteiger partial charge is 0.339 e. The molecule has 0 radical (unpaired) electrons. The van der Waals surface area contributed by atoms with E-state index in [1.165, 1.54) is 36.4 Å². The van der Waals surface area contributed by atoms with Crippen molar-refractivity contribution in [3.8, 4) is 0 Å². The molecule has 1 heterocycles. The number of nitrogen functional groups attached to an aromatic ring is 1. The molecule has 0 aliphatic heterocycles. The first-order valence-electron chi connectivity index (χ1n) is 5.28. The van der Waals surface area contributed by atoms with Crippen LogP contribution in [0.3, 0.4) is 0 Å². The summed E-state index contributed by atoms with van der Waals surface area (Å²) >= 11 is 1.28. The van der Waals surface area contributed by atoms with Gasteiger partial charge in [-0.15, -0.1) is 11.8 Å². The molecule has 2 rings (SSSR count). The lowest BCUT2D eigenvalue weighted by Gasteiger charge is -2.05. The minimum atomic E-state index is -1.08. The maximum Gasteiger partial charge on any atom is 0.339 e. The van der Waals surface area contributed by atoms with Gasteiger partial charge in [0.25, 0.3) is 0 Å². The van der Waals surface area contributed by atoms with Crippen LogP contribution in [0.4, 0.5) is 10.1 Å². The SMILES string of the molecule is Nc1ccc(SCc2ncncc2C(=O)O)cc1F. The summed E-state index contributed by atoms with van der Waals surface area (Å²) in [4.78, 5) is 19.2. The predicted molar refractivity (Wildman–Crippen MR) is 69.4 cm³/mol. The molecule has 19 heavy (non-hydrogen) atoms. The van der Waals surface area contributed by atoms with Crippen molar-refractivity contribution in [3.05, 3.63) is 47.8 Å². The molecule has 0 spiro atoms. The van der Waals surface area contributed by atoms with Crippen molar-refractivity contribution in [1.29, 1.82) is 0 Å². The fourth-order valence-electron chi connectivity index (χ4n) is 1.40. The normalized spacial score (nSPS) is 10.4. The number of carboxylic acids is 1. The second-order valence-corrected chi connectivity index (χ2v) is 4.71. The molecule has 3 N–H and O–H groups in total. The van der Waals surface area contributed by atoms with Crippen molar-refractivity contribution in [2.75, 3.05) is 5.73 Å². The number of aromatic carboxylic acids is 1. The molecule has 0 saturated heterocycles. The number of carbonyl (C=O) groups is 1. The second kappa shape index (κ2) is 5.66. The molecule has 0 saturated carbocycles. The summed E-state index contributed by atoms with van der Waals surface area (Å²) in [7, 11) is 0. The lowest BCUT2D eigenvalue weighted by atomic mass is 10.2. The lowest BCUT2D eigenvalue weighted by Crippen LogP contribution is -2.04. The van der Waals surface area contributed by atoms with E-state index in [1.54, 1.807) is 6.07 Å². The van der Waals surface area contributed by atoms with E-state index in [9.17, 15) is 9.18 Å². The van der Waals surface area contributed by atoms with Gasteiger partial charge in [0, 0.05) is 16.8 Å². The molecule has 0 aliphatic carbocycles. The topological polar surface area (TPSA) is 89.1 Å². The van der Waals surface area contributed by atoms with Gasteiger partial charge in [0.2, 0.25) is 0 Å². The van der Waals surface area contributed by atoms with E-state index in [1.807, 2.05) is 0 Å². The quantitative estimate of drug-likeness (QED) is 0.658. The second-order valence-electron chi connectivity index (χ2n) is 3.66. The number of aromatic nitrogens is 2. The first kappa shape index (κ1) is 13.3. The molecular formula is C12H10FN3O2S. The molecule has 0 amide bonds. The van der Waals surface area contributed by atoms with Crippen molar-refractivity contribution in [1.82, 2.24) is 9.97 Å². The standard InChI is InChI=1S/C12H10FN3O2S/c13-9-3-7(1-2-10(9)14)19-5-11-8(12(17)18)4-15-6-16-11/h1-4,6H,5,14H2,(H,17,18). The van der Waals surface area contributed by atoms with Crippen molar-refractivity contribution in [2.24, 2.45) is 0 Å². The molecule has 98 valence electrons. The highest BCUT2D eigenvalue weighted by Gasteiger charge is 2.11. The molecule has 0 unspecified atom stereocenters. The lowest BCUT2D eigenvalue weighted by molar-refractivity contribution is 0.0695. The zero-order valence-electron chi connectivity index (χ0n) is 9.71. The summed E-state index contributed by atoms with van der Waals surface area (Å²) in [6.07, 6.45) is 2.53. The number of rotatable bonds is 4. The van der Waals surface area contributed by atoms with Crippen LogP contribution >= 0.6 is 11.8 Å². The predicted octanol–water partition coefficient (Wildman–Crippen LogP) is 2.19. The van der Waals surface area contributed by atoms with Crippen LogP contribution in [-0.2, 0) is 5.75 Å². The van der Waals surface area contributed by atoms with Gasteiger partial charge in [-0.05, 0) is 18.2 Å². The third-order valence-corrected chi connectivity index (χ3v) is 3.38. The Hall–Kier alpha value is -2.15. The number of carboxylic acid groups (broad SMARTS) is 1. The minimum Gasteiger partial charge on any atom is -0.478 e. The van der Waals surface area contributed by atoms with Gasteiger partial charge in [-0.2, -0.15) is 0 Å². The number of hydrogen-bond donors (Lipinski definition) is 2. The number of nitrogens with zero attached hydrogens (tertiary/aromatic N) is 2. The van der Waals surface area contributed by atoms with Crippen molar-refractivity contribution >= 4 is 23.4 Å². The van der Waals surface area contributed by atoms with Gasteiger partial charge in [-0.25, -0.2) is 19.2 Å². The fraction of sp³-hybridized carbons (Fsp3) is 0.0833. The molecule has 7 heteroatoms. The zero-order valence-corrected chi connectivity index (χ0v) is 10.5. The van der Waals surface area contributed by atoms with E-state index in [2.05, 4.69) is 9.97 Å². The van der Waals surface area contributed by atoms with Crippen LogP contribution in [0, 0.1) is 5.82 Å². The van der Waals surface area contributed by atoms with E-state index in [0.717, 1.165) is 0 Å². The first-order valence-corrected chi connectivity index (χ1v) is 6.26. The summed E-state index contributed by atoms with van der Waals surface area (Å²) in [6, 6.07) is 4.45. The van der Waals surface area contributed by atoms with E-state index >= 15 is 0 Å². The third kappa shape index (κ3) is 3.19. The highest BCUT2D eigenvalue weighted by molar-refractivity contribution is 7.98. The maximum absolute atomic E-state index is 13.3. The maximum atomic E-state index is 13.3.